The lowest BCUT2D eigenvalue weighted by Crippen LogP contribution is -2.54. The Morgan fingerprint density at radius 1 is 1.45 bits per heavy atom. The molecule has 8 heteroatoms. The molecule has 0 unspecified atom stereocenters. The fourth-order valence-electron chi connectivity index (χ4n) is 2.27. The molecule has 0 radical (unpaired) electrons. The van der Waals surface area contributed by atoms with Crippen LogP contribution in [0.3, 0.4) is 0 Å². The van der Waals surface area contributed by atoms with Crippen LogP contribution in [0.1, 0.15) is 12.8 Å². The van der Waals surface area contributed by atoms with Crippen LogP contribution in [0.4, 0.5) is 0 Å². The van der Waals surface area contributed by atoms with E-state index >= 15 is 0 Å². The van der Waals surface area contributed by atoms with Crippen LogP contribution in [0.5, 0.6) is 0 Å². The van der Waals surface area contributed by atoms with Crippen LogP contribution in [0.25, 0.3) is 0 Å². The SMILES string of the molecule is CNC(=O)CC[C@H]1O[C@@H]2SC(N(C)C)=N[C@@H]2[C@@H](O)[C@@H]1O. The number of aliphatic hydroxyl groups excluding tert-OH is 2. The molecule has 20 heavy (non-hydrogen) atoms. The summed E-state index contributed by atoms with van der Waals surface area (Å²) in [7, 11) is 5.31. The summed E-state index contributed by atoms with van der Waals surface area (Å²) in [6, 6.07) is -0.455. The zero-order chi connectivity index (χ0) is 14.9. The Balaban J connectivity index is 2.00. The maximum Gasteiger partial charge on any atom is 0.219 e. The van der Waals surface area contributed by atoms with Crippen molar-refractivity contribution in [2.24, 2.45) is 4.99 Å². The standard InChI is InChI=1S/C12H21N3O4S/c1-13-7(16)5-4-6-9(17)10(18)8-11(19-6)20-12(14-8)15(2)3/h6,8-11,17-18H,4-5H2,1-3H3,(H,13,16)/t6-,8-,9-,10-,11-/m1/s1. The summed E-state index contributed by atoms with van der Waals surface area (Å²) in [6.45, 7) is 0. The Morgan fingerprint density at radius 3 is 2.75 bits per heavy atom. The molecule has 1 fully saturated rings. The van der Waals surface area contributed by atoms with E-state index in [9.17, 15) is 15.0 Å². The molecular formula is C12H21N3O4S. The highest BCUT2D eigenvalue weighted by molar-refractivity contribution is 8.14. The van der Waals surface area contributed by atoms with Crippen molar-refractivity contribution in [2.45, 2.75) is 42.6 Å². The number of carbonyl (C=O) groups excluding carboxylic acids is 1. The maximum absolute atomic E-state index is 11.3. The smallest absolute Gasteiger partial charge is 0.219 e. The second-order valence-electron chi connectivity index (χ2n) is 5.15. The van der Waals surface area contributed by atoms with Gasteiger partial charge in [-0.3, -0.25) is 9.79 Å². The van der Waals surface area contributed by atoms with Gasteiger partial charge in [-0.1, -0.05) is 11.8 Å². The van der Waals surface area contributed by atoms with Crippen molar-refractivity contribution in [1.29, 1.82) is 0 Å². The van der Waals surface area contributed by atoms with Gasteiger partial charge in [0, 0.05) is 27.6 Å². The van der Waals surface area contributed by atoms with Gasteiger partial charge in [-0.15, -0.1) is 0 Å². The van der Waals surface area contributed by atoms with Crippen molar-refractivity contribution >= 4 is 22.8 Å². The quantitative estimate of drug-likeness (QED) is 0.619. The van der Waals surface area contributed by atoms with Gasteiger partial charge in [0.05, 0.1) is 6.10 Å². The van der Waals surface area contributed by atoms with E-state index in [4.69, 9.17) is 4.74 Å². The molecule has 0 aliphatic carbocycles. The number of amidine groups is 1. The monoisotopic (exact) mass is 303 g/mol. The Labute approximate surface area is 122 Å². The summed E-state index contributed by atoms with van der Waals surface area (Å²) in [5.74, 6) is -0.110. The summed E-state index contributed by atoms with van der Waals surface area (Å²) in [5.41, 5.74) is -0.305. The van der Waals surface area contributed by atoms with Crippen molar-refractivity contribution in [3.05, 3.63) is 0 Å². The molecule has 0 aromatic heterocycles. The number of nitrogens with zero attached hydrogens (tertiary/aromatic N) is 2. The minimum Gasteiger partial charge on any atom is -0.388 e. The highest BCUT2D eigenvalue weighted by Crippen LogP contribution is 2.37. The van der Waals surface area contributed by atoms with E-state index in [2.05, 4.69) is 10.3 Å². The Kier molecular flexibility index (Phi) is 4.90. The molecule has 2 aliphatic heterocycles. The molecule has 114 valence electrons. The van der Waals surface area contributed by atoms with Gasteiger partial charge in [0.25, 0.3) is 0 Å². The van der Waals surface area contributed by atoms with Gasteiger partial charge in [-0.05, 0) is 6.42 Å². The summed E-state index contributed by atoms with van der Waals surface area (Å²) < 4.78 is 5.80. The lowest BCUT2D eigenvalue weighted by molar-refractivity contribution is -0.156. The van der Waals surface area contributed by atoms with E-state index in [1.807, 2.05) is 19.0 Å². The van der Waals surface area contributed by atoms with Gasteiger partial charge in [0.1, 0.15) is 23.7 Å². The number of amides is 1. The lowest BCUT2D eigenvalue weighted by Gasteiger charge is -2.38. The average Bonchev–Trinajstić information content (AvgIpc) is 2.85. The largest absolute Gasteiger partial charge is 0.388 e. The molecule has 0 aromatic carbocycles. The van der Waals surface area contributed by atoms with Crippen molar-refractivity contribution in [1.82, 2.24) is 10.2 Å². The zero-order valence-electron chi connectivity index (χ0n) is 11.8. The van der Waals surface area contributed by atoms with Crippen molar-refractivity contribution in [3.63, 3.8) is 0 Å². The van der Waals surface area contributed by atoms with Crippen molar-refractivity contribution in [3.8, 4) is 0 Å². The fraction of sp³-hybridized carbons (Fsp3) is 0.833. The Hall–Kier alpha value is -0.830. The van der Waals surface area contributed by atoms with Crippen molar-refractivity contribution < 1.29 is 19.7 Å². The molecule has 0 spiro atoms. The summed E-state index contributed by atoms with van der Waals surface area (Å²) in [5, 5.41) is 23.6. The number of aliphatic hydroxyl groups is 2. The van der Waals surface area contributed by atoms with Gasteiger partial charge in [-0.2, -0.15) is 0 Å². The minimum atomic E-state index is -1.02. The molecule has 0 saturated carbocycles. The molecule has 0 aromatic rings. The second kappa shape index (κ2) is 6.30. The number of ether oxygens (including phenoxy) is 1. The molecule has 1 saturated heterocycles. The first-order valence-corrected chi connectivity index (χ1v) is 7.46. The summed E-state index contributed by atoms with van der Waals surface area (Å²) in [6.07, 6.45) is -1.90. The van der Waals surface area contributed by atoms with E-state index in [0.717, 1.165) is 5.17 Å². The summed E-state index contributed by atoms with van der Waals surface area (Å²) in [4.78, 5) is 17.5. The Bertz CT molecular complexity index is 404. The molecule has 2 heterocycles. The molecule has 0 bridgehead atoms. The third-order valence-electron chi connectivity index (χ3n) is 3.47. The van der Waals surface area contributed by atoms with Crippen LogP contribution in [0.2, 0.25) is 0 Å². The molecule has 5 atom stereocenters. The first kappa shape index (κ1) is 15.6. The molecule has 2 aliphatic rings. The van der Waals surface area contributed by atoms with Gasteiger partial charge in [0.2, 0.25) is 5.91 Å². The Morgan fingerprint density at radius 2 is 2.15 bits per heavy atom. The van der Waals surface area contributed by atoms with Gasteiger partial charge < -0.3 is 25.2 Å². The van der Waals surface area contributed by atoms with E-state index < -0.39 is 24.4 Å². The second-order valence-corrected chi connectivity index (χ2v) is 6.22. The van der Waals surface area contributed by atoms with Gasteiger partial charge in [-0.25, -0.2) is 0 Å². The van der Waals surface area contributed by atoms with Gasteiger partial charge >= 0.3 is 0 Å². The zero-order valence-corrected chi connectivity index (χ0v) is 12.6. The number of carbonyl (C=O) groups is 1. The lowest BCUT2D eigenvalue weighted by atomic mass is 9.95. The van der Waals surface area contributed by atoms with Crippen LogP contribution in [-0.2, 0) is 9.53 Å². The van der Waals surface area contributed by atoms with E-state index in [1.165, 1.54) is 11.8 Å². The molecule has 3 N–H and O–H groups in total. The normalized spacial score (nSPS) is 36.2. The van der Waals surface area contributed by atoms with Crippen LogP contribution < -0.4 is 5.32 Å². The van der Waals surface area contributed by atoms with E-state index in [-0.39, 0.29) is 17.8 Å². The number of hydrogen-bond acceptors (Lipinski definition) is 7. The highest BCUT2D eigenvalue weighted by atomic mass is 32.2. The predicted octanol–water partition coefficient (Wildman–Crippen LogP) is -1.01. The number of aliphatic imine (C=N–C) groups is 1. The number of fused-ring (bicyclic) bond motifs is 1. The molecule has 1 amide bonds. The van der Waals surface area contributed by atoms with Gasteiger partial charge in [0.15, 0.2) is 5.17 Å². The topological polar surface area (TPSA) is 94.4 Å². The first-order valence-electron chi connectivity index (χ1n) is 6.58. The number of rotatable bonds is 3. The number of hydrogen-bond donors (Lipinski definition) is 3. The van der Waals surface area contributed by atoms with Crippen LogP contribution >= 0.6 is 11.8 Å². The third-order valence-corrected chi connectivity index (χ3v) is 4.77. The van der Waals surface area contributed by atoms with E-state index in [0.29, 0.717) is 6.42 Å². The number of nitrogens with one attached hydrogen (secondary N) is 1. The summed E-state index contributed by atoms with van der Waals surface area (Å²) >= 11 is 1.43. The van der Waals surface area contributed by atoms with Crippen LogP contribution in [0, 0.1) is 0 Å². The third kappa shape index (κ3) is 3.08. The molecule has 2 rings (SSSR count). The number of thioether (sulfide) groups is 1. The maximum atomic E-state index is 11.3. The van der Waals surface area contributed by atoms with Crippen LogP contribution in [0.15, 0.2) is 4.99 Å². The average molecular weight is 303 g/mol. The highest BCUT2D eigenvalue weighted by Gasteiger charge is 2.48. The predicted molar refractivity (Wildman–Crippen MR) is 76.5 cm³/mol. The minimum absolute atomic E-state index is 0.110. The molecular weight excluding hydrogens is 282 g/mol. The molecule has 7 nitrogen and oxygen atoms in total. The fourth-order valence-corrected chi connectivity index (χ4v) is 3.43. The van der Waals surface area contributed by atoms with E-state index in [1.54, 1.807) is 7.05 Å². The van der Waals surface area contributed by atoms with Crippen LogP contribution in [-0.4, -0.2) is 77.1 Å². The first-order chi connectivity index (χ1) is 9.43. The van der Waals surface area contributed by atoms with Crippen molar-refractivity contribution in [2.75, 3.05) is 21.1 Å².